The van der Waals surface area contributed by atoms with Crippen LogP contribution in [0.2, 0.25) is 0 Å². The van der Waals surface area contributed by atoms with Crippen LogP contribution in [-0.2, 0) is 5.54 Å². The van der Waals surface area contributed by atoms with E-state index in [0.717, 1.165) is 11.6 Å². The van der Waals surface area contributed by atoms with E-state index in [9.17, 15) is 13.6 Å². The van der Waals surface area contributed by atoms with Gasteiger partial charge in [-0.2, -0.15) is 0 Å². The third kappa shape index (κ3) is 6.84. The van der Waals surface area contributed by atoms with Crippen LogP contribution < -0.4 is 5.73 Å². The summed E-state index contributed by atoms with van der Waals surface area (Å²) in [4.78, 5) is 10.3. The standard InChI is InChI=1S/C9H11BrFN.C7H4BrFO2.ClH/c1-9(2,12)6-3-4-8(11)7(10)5-6;8-4-1-2-6(9)5(3-4)7(10)11;/h3-5H,12H2,1-2H3;1-3H,(H,10,11);1H. The second kappa shape index (κ2) is 9.46. The summed E-state index contributed by atoms with van der Waals surface area (Å²) in [6.07, 6.45) is 0. The van der Waals surface area contributed by atoms with Gasteiger partial charge in [-0.3, -0.25) is 0 Å². The lowest BCUT2D eigenvalue weighted by atomic mass is 9.96. The van der Waals surface area contributed by atoms with Crippen LogP contribution in [0.3, 0.4) is 0 Å². The molecule has 0 aromatic heterocycles. The molecule has 2 aromatic rings. The smallest absolute Gasteiger partial charge is 0.338 e. The Morgan fingerprint density at radius 2 is 1.62 bits per heavy atom. The zero-order valence-electron chi connectivity index (χ0n) is 12.8. The highest BCUT2D eigenvalue weighted by molar-refractivity contribution is 9.10. The van der Waals surface area contributed by atoms with Crippen LogP contribution in [0.5, 0.6) is 0 Å². The first kappa shape index (κ1) is 23.0. The minimum atomic E-state index is -1.26. The highest BCUT2D eigenvalue weighted by atomic mass is 79.9. The van der Waals surface area contributed by atoms with Gasteiger partial charge in [0.25, 0.3) is 0 Å². The van der Waals surface area contributed by atoms with Crippen LogP contribution in [-0.4, -0.2) is 11.1 Å². The molecule has 3 nitrogen and oxygen atoms in total. The largest absolute Gasteiger partial charge is 0.478 e. The summed E-state index contributed by atoms with van der Waals surface area (Å²) in [5.41, 5.74) is 6.00. The molecule has 0 saturated carbocycles. The fourth-order valence-corrected chi connectivity index (χ4v) is 2.30. The van der Waals surface area contributed by atoms with E-state index in [1.54, 1.807) is 12.1 Å². The van der Waals surface area contributed by atoms with E-state index in [-0.39, 0.29) is 23.8 Å². The summed E-state index contributed by atoms with van der Waals surface area (Å²) in [7, 11) is 0. The number of carboxylic acid groups (broad SMARTS) is 1. The van der Waals surface area contributed by atoms with Gasteiger partial charge in [-0.05, 0) is 65.7 Å². The van der Waals surface area contributed by atoms with E-state index in [1.807, 2.05) is 13.8 Å². The Kier molecular flexibility index (Phi) is 9.06. The fourth-order valence-electron chi connectivity index (χ4n) is 1.56. The van der Waals surface area contributed by atoms with Crippen molar-refractivity contribution in [3.8, 4) is 0 Å². The maximum atomic E-state index is 12.8. The summed E-state index contributed by atoms with van der Waals surface area (Å²) in [6, 6.07) is 8.58. The molecule has 132 valence electrons. The molecule has 24 heavy (non-hydrogen) atoms. The van der Waals surface area contributed by atoms with Crippen LogP contribution in [0.25, 0.3) is 0 Å². The fraction of sp³-hybridized carbons (Fsp3) is 0.188. The normalized spacial score (nSPS) is 10.3. The van der Waals surface area contributed by atoms with Gasteiger partial charge in [0.2, 0.25) is 0 Å². The van der Waals surface area contributed by atoms with Crippen molar-refractivity contribution in [1.82, 2.24) is 0 Å². The van der Waals surface area contributed by atoms with Gasteiger partial charge in [0, 0.05) is 10.0 Å². The van der Waals surface area contributed by atoms with Crippen molar-refractivity contribution in [2.24, 2.45) is 5.73 Å². The summed E-state index contributed by atoms with van der Waals surface area (Å²) >= 11 is 6.14. The monoisotopic (exact) mass is 485 g/mol. The van der Waals surface area contributed by atoms with Crippen molar-refractivity contribution >= 4 is 50.2 Å². The number of nitrogens with two attached hydrogens (primary N) is 1. The number of benzene rings is 2. The molecule has 0 atom stereocenters. The summed E-state index contributed by atoms with van der Waals surface area (Å²) in [6.45, 7) is 3.76. The van der Waals surface area contributed by atoms with Gasteiger partial charge in [-0.15, -0.1) is 12.4 Å². The molecule has 0 unspecified atom stereocenters. The Morgan fingerprint density at radius 3 is 2.04 bits per heavy atom. The molecule has 0 radical (unpaired) electrons. The molecule has 0 bridgehead atoms. The number of aromatic carboxylic acids is 1. The van der Waals surface area contributed by atoms with Crippen LogP contribution in [0, 0.1) is 11.6 Å². The van der Waals surface area contributed by atoms with Gasteiger partial charge < -0.3 is 10.8 Å². The van der Waals surface area contributed by atoms with E-state index < -0.39 is 17.3 Å². The molecule has 0 spiro atoms. The zero-order chi connectivity index (χ0) is 17.8. The van der Waals surface area contributed by atoms with Crippen molar-refractivity contribution in [1.29, 1.82) is 0 Å². The van der Waals surface area contributed by atoms with Crippen LogP contribution in [0.1, 0.15) is 29.8 Å². The topological polar surface area (TPSA) is 63.3 Å². The number of hydrogen-bond donors (Lipinski definition) is 2. The second-order valence-corrected chi connectivity index (χ2v) is 7.05. The first-order valence-corrected chi connectivity index (χ1v) is 8.03. The quantitative estimate of drug-likeness (QED) is 0.589. The molecule has 0 heterocycles. The lowest BCUT2D eigenvalue weighted by Gasteiger charge is -2.19. The Morgan fingerprint density at radius 1 is 1.08 bits per heavy atom. The molecular weight excluding hydrogens is 471 g/mol. The molecule has 0 amide bonds. The van der Waals surface area contributed by atoms with E-state index in [0.29, 0.717) is 8.95 Å². The van der Waals surface area contributed by atoms with E-state index in [1.165, 1.54) is 18.2 Å². The Balaban J connectivity index is 0.000000425. The number of rotatable bonds is 2. The summed E-state index contributed by atoms with van der Waals surface area (Å²) in [5, 5.41) is 8.43. The molecule has 2 aromatic carbocycles. The van der Waals surface area contributed by atoms with Gasteiger partial charge in [0.1, 0.15) is 11.6 Å². The average Bonchev–Trinajstić information content (AvgIpc) is 2.44. The van der Waals surface area contributed by atoms with Crippen LogP contribution >= 0.6 is 44.3 Å². The molecule has 8 heteroatoms. The molecule has 0 fully saturated rings. The molecule has 0 saturated heterocycles. The minimum Gasteiger partial charge on any atom is -0.478 e. The van der Waals surface area contributed by atoms with Crippen molar-refractivity contribution in [2.45, 2.75) is 19.4 Å². The number of carboxylic acids is 1. The van der Waals surface area contributed by atoms with Crippen molar-refractivity contribution in [3.63, 3.8) is 0 Å². The number of hydrogen-bond acceptors (Lipinski definition) is 2. The maximum Gasteiger partial charge on any atom is 0.338 e. The highest BCUT2D eigenvalue weighted by Crippen LogP contribution is 2.23. The second-order valence-electron chi connectivity index (χ2n) is 5.28. The molecule has 3 N–H and O–H groups in total. The first-order valence-electron chi connectivity index (χ1n) is 6.45. The highest BCUT2D eigenvalue weighted by Gasteiger charge is 2.14. The van der Waals surface area contributed by atoms with Gasteiger partial charge in [-0.25, -0.2) is 13.6 Å². The summed E-state index contributed by atoms with van der Waals surface area (Å²) in [5.74, 6) is -2.24. The van der Waals surface area contributed by atoms with Gasteiger partial charge in [0.05, 0.1) is 10.0 Å². The lowest BCUT2D eigenvalue weighted by Crippen LogP contribution is -2.28. The van der Waals surface area contributed by atoms with Crippen molar-refractivity contribution in [3.05, 3.63) is 68.1 Å². The minimum absolute atomic E-state index is 0. The Bertz CT molecular complexity index is 722. The predicted molar refractivity (Wildman–Crippen MR) is 99.6 cm³/mol. The van der Waals surface area contributed by atoms with E-state index in [2.05, 4.69) is 31.9 Å². The van der Waals surface area contributed by atoms with Gasteiger partial charge in [-0.1, -0.05) is 22.0 Å². The third-order valence-electron chi connectivity index (χ3n) is 2.82. The number of carbonyl (C=O) groups is 1. The van der Waals surface area contributed by atoms with Gasteiger partial charge >= 0.3 is 5.97 Å². The SMILES string of the molecule is CC(C)(N)c1ccc(F)c(Br)c1.Cl.O=C(O)c1cc(Br)ccc1F. The molecule has 0 aliphatic heterocycles. The van der Waals surface area contributed by atoms with Gasteiger partial charge in [0.15, 0.2) is 0 Å². The summed E-state index contributed by atoms with van der Waals surface area (Å²) < 4.78 is 26.4. The molecule has 2 rings (SSSR count). The van der Waals surface area contributed by atoms with Crippen LogP contribution in [0.15, 0.2) is 45.3 Å². The molecular formula is C16H16Br2ClF2NO2. The van der Waals surface area contributed by atoms with Crippen molar-refractivity contribution in [2.75, 3.05) is 0 Å². The van der Waals surface area contributed by atoms with Crippen LogP contribution in [0.4, 0.5) is 8.78 Å². The first-order chi connectivity index (χ1) is 10.5. The predicted octanol–water partition coefficient (Wildman–Crippen LogP) is 5.49. The van der Waals surface area contributed by atoms with E-state index >= 15 is 0 Å². The van der Waals surface area contributed by atoms with E-state index in [4.69, 9.17) is 10.8 Å². The van der Waals surface area contributed by atoms with Crippen molar-refractivity contribution < 1.29 is 18.7 Å². The number of halogens is 5. The molecule has 0 aliphatic rings. The zero-order valence-corrected chi connectivity index (χ0v) is 16.8. The lowest BCUT2D eigenvalue weighted by molar-refractivity contribution is 0.0692. The average molecular weight is 488 g/mol. The Labute approximate surface area is 161 Å². The maximum absolute atomic E-state index is 12.8. The third-order valence-corrected chi connectivity index (χ3v) is 3.92. The Hall–Kier alpha value is -1.02. The molecule has 0 aliphatic carbocycles.